The van der Waals surface area contributed by atoms with E-state index in [0.29, 0.717) is 0 Å². The molecule has 0 aliphatic rings. The van der Waals surface area contributed by atoms with E-state index in [-0.39, 0.29) is 18.8 Å². The lowest BCUT2D eigenvalue weighted by atomic mass is 10.1. The van der Waals surface area contributed by atoms with Crippen molar-refractivity contribution in [3.63, 3.8) is 0 Å². The number of carbonyl (C=O) groups excluding carboxylic acids is 1. The average Bonchev–Trinajstić information content (AvgIpc) is 2.75. The van der Waals surface area contributed by atoms with Crippen LogP contribution in [0, 0.1) is 0 Å². The third kappa shape index (κ3) is 2.83. The monoisotopic (exact) mass is 261 g/mol. The van der Waals surface area contributed by atoms with Crippen molar-refractivity contribution in [2.75, 3.05) is 13.7 Å². The van der Waals surface area contributed by atoms with Crippen LogP contribution in [0.3, 0.4) is 0 Å². The zero-order valence-corrected chi connectivity index (χ0v) is 11.3. The molecule has 0 bridgehead atoms. The smallest absolute Gasteiger partial charge is 0.159 e. The van der Waals surface area contributed by atoms with Gasteiger partial charge in [-0.2, -0.15) is 0 Å². The Labute approximate surface area is 112 Å². The zero-order valence-electron chi connectivity index (χ0n) is 11.3. The summed E-state index contributed by atoms with van der Waals surface area (Å²) >= 11 is 0. The molecule has 0 amide bonds. The molecule has 0 aliphatic heterocycles. The third-order valence-electron chi connectivity index (χ3n) is 3.14. The van der Waals surface area contributed by atoms with Crippen molar-refractivity contribution >= 4 is 16.8 Å². The molecule has 5 heteroatoms. The fourth-order valence-electron chi connectivity index (χ4n) is 2.17. The van der Waals surface area contributed by atoms with Crippen molar-refractivity contribution in [3.8, 4) is 0 Å². The number of fused-ring (bicyclic) bond motifs is 1. The Morgan fingerprint density at radius 2 is 2.21 bits per heavy atom. The Kier molecular flexibility index (Phi) is 4.29. The van der Waals surface area contributed by atoms with Crippen LogP contribution in [0.1, 0.15) is 12.7 Å². The van der Waals surface area contributed by atoms with Gasteiger partial charge in [0, 0.05) is 13.7 Å². The van der Waals surface area contributed by atoms with Crippen LogP contribution in [0.25, 0.3) is 11.0 Å². The zero-order chi connectivity index (χ0) is 13.8. The first kappa shape index (κ1) is 13.7. The van der Waals surface area contributed by atoms with E-state index in [1.807, 2.05) is 35.8 Å². The average molecular weight is 261 g/mol. The van der Waals surface area contributed by atoms with E-state index in [0.717, 1.165) is 23.4 Å². The van der Waals surface area contributed by atoms with Crippen LogP contribution in [0.15, 0.2) is 24.3 Å². The Morgan fingerprint density at radius 3 is 2.89 bits per heavy atom. The first-order valence-corrected chi connectivity index (χ1v) is 6.38. The van der Waals surface area contributed by atoms with E-state index in [4.69, 9.17) is 10.5 Å². The van der Waals surface area contributed by atoms with Gasteiger partial charge in [0.25, 0.3) is 0 Å². The molecule has 1 atom stereocenters. The van der Waals surface area contributed by atoms with Gasteiger partial charge in [-0.15, -0.1) is 0 Å². The lowest BCUT2D eigenvalue weighted by molar-refractivity contribution is -0.120. The maximum Gasteiger partial charge on any atom is 0.159 e. The molecule has 1 heterocycles. The normalized spacial score (nSPS) is 12.8. The Morgan fingerprint density at radius 1 is 1.47 bits per heavy atom. The van der Waals surface area contributed by atoms with Gasteiger partial charge in [-0.1, -0.05) is 12.1 Å². The number of ether oxygens (including phenoxy) is 1. The van der Waals surface area contributed by atoms with Gasteiger partial charge < -0.3 is 15.0 Å². The summed E-state index contributed by atoms with van der Waals surface area (Å²) in [5.41, 5.74) is 7.71. The number of ketones is 1. The second-order valence-corrected chi connectivity index (χ2v) is 4.47. The van der Waals surface area contributed by atoms with Gasteiger partial charge in [-0.3, -0.25) is 4.79 Å². The molecule has 19 heavy (non-hydrogen) atoms. The minimum absolute atomic E-state index is 0.0492. The summed E-state index contributed by atoms with van der Waals surface area (Å²) in [6.45, 7) is 3.06. The first-order valence-electron chi connectivity index (χ1n) is 6.38. The van der Waals surface area contributed by atoms with Gasteiger partial charge in [0.2, 0.25) is 0 Å². The lowest BCUT2D eigenvalue weighted by Crippen LogP contribution is -2.36. The van der Waals surface area contributed by atoms with Crippen molar-refractivity contribution in [1.82, 2.24) is 9.55 Å². The number of hydrogen-bond acceptors (Lipinski definition) is 4. The van der Waals surface area contributed by atoms with Crippen LogP contribution in [0.2, 0.25) is 0 Å². The van der Waals surface area contributed by atoms with Crippen molar-refractivity contribution < 1.29 is 9.53 Å². The number of para-hydroxylation sites is 2. The fourth-order valence-corrected chi connectivity index (χ4v) is 2.17. The maximum absolute atomic E-state index is 12.0. The van der Waals surface area contributed by atoms with Gasteiger partial charge >= 0.3 is 0 Å². The summed E-state index contributed by atoms with van der Waals surface area (Å²) in [5.74, 6) is 0.715. The Bertz CT molecular complexity index is 577. The lowest BCUT2D eigenvalue weighted by Gasteiger charge is -2.10. The number of aromatic nitrogens is 2. The van der Waals surface area contributed by atoms with E-state index in [1.165, 1.54) is 7.11 Å². The predicted molar refractivity (Wildman–Crippen MR) is 74.0 cm³/mol. The molecule has 2 aromatic rings. The molecule has 0 aliphatic carbocycles. The van der Waals surface area contributed by atoms with Crippen LogP contribution in [-0.4, -0.2) is 35.1 Å². The van der Waals surface area contributed by atoms with E-state index in [1.54, 1.807) is 0 Å². The molecule has 0 saturated heterocycles. The number of nitrogens with zero attached hydrogens (tertiary/aromatic N) is 2. The highest BCUT2D eigenvalue weighted by atomic mass is 16.5. The Hall–Kier alpha value is -1.72. The van der Waals surface area contributed by atoms with Crippen molar-refractivity contribution in [1.29, 1.82) is 0 Å². The highest BCUT2D eigenvalue weighted by Crippen LogP contribution is 2.16. The van der Waals surface area contributed by atoms with Crippen LogP contribution >= 0.6 is 0 Å². The van der Waals surface area contributed by atoms with E-state index in [9.17, 15) is 4.79 Å². The number of methoxy groups -OCH3 is 1. The molecule has 0 saturated carbocycles. The largest absolute Gasteiger partial charge is 0.383 e. The van der Waals surface area contributed by atoms with Crippen LogP contribution < -0.4 is 5.73 Å². The highest BCUT2D eigenvalue weighted by Gasteiger charge is 2.18. The molecule has 1 unspecified atom stereocenters. The first-order chi connectivity index (χ1) is 9.17. The summed E-state index contributed by atoms with van der Waals surface area (Å²) in [7, 11) is 1.54. The standard InChI is InChI=1S/C14H19N3O2/c1-3-17-12-7-5-4-6-11(12)16-14(17)8-13(18)10(15)9-19-2/h4-7,10H,3,8-9,15H2,1-2H3. The second kappa shape index (κ2) is 5.95. The quantitative estimate of drug-likeness (QED) is 0.846. The number of nitrogens with two attached hydrogens (primary N) is 1. The fraction of sp³-hybridized carbons (Fsp3) is 0.429. The number of imidazole rings is 1. The number of aryl methyl sites for hydroxylation is 1. The summed E-state index contributed by atoms with van der Waals surface area (Å²) in [6, 6.07) is 7.28. The van der Waals surface area contributed by atoms with Gasteiger partial charge in [0.15, 0.2) is 5.78 Å². The molecule has 1 aromatic heterocycles. The van der Waals surface area contributed by atoms with E-state index in [2.05, 4.69) is 4.98 Å². The highest BCUT2D eigenvalue weighted by molar-refractivity contribution is 5.86. The van der Waals surface area contributed by atoms with Crippen molar-refractivity contribution in [2.45, 2.75) is 25.9 Å². The van der Waals surface area contributed by atoms with Crippen LogP contribution in [0.5, 0.6) is 0 Å². The SMILES string of the molecule is CCn1c(CC(=O)C(N)COC)nc2ccccc21. The van der Waals surface area contributed by atoms with Gasteiger partial charge in [-0.25, -0.2) is 4.98 Å². The topological polar surface area (TPSA) is 70.1 Å². The molecule has 102 valence electrons. The molecule has 0 spiro atoms. The second-order valence-electron chi connectivity index (χ2n) is 4.47. The maximum atomic E-state index is 12.0. The van der Waals surface area contributed by atoms with Gasteiger partial charge in [0.05, 0.1) is 30.1 Å². The van der Waals surface area contributed by atoms with Crippen LogP contribution in [0.4, 0.5) is 0 Å². The minimum atomic E-state index is -0.588. The predicted octanol–water partition coefficient (Wildman–Crippen LogP) is 1.14. The van der Waals surface area contributed by atoms with Crippen molar-refractivity contribution in [2.24, 2.45) is 5.73 Å². The number of carbonyl (C=O) groups is 1. The van der Waals surface area contributed by atoms with Crippen LogP contribution in [-0.2, 0) is 22.5 Å². The summed E-state index contributed by atoms with van der Waals surface area (Å²) in [5, 5.41) is 0. The molecule has 2 N–H and O–H groups in total. The van der Waals surface area contributed by atoms with E-state index < -0.39 is 6.04 Å². The number of hydrogen-bond donors (Lipinski definition) is 1. The number of benzene rings is 1. The third-order valence-corrected chi connectivity index (χ3v) is 3.14. The molecule has 0 radical (unpaired) electrons. The number of rotatable bonds is 6. The molecule has 1 aromatic carbocycles. The Balaban J connectivity index is 2.27. The van der Waals surface area contributed by atoms with Gasteiger partial charge in [-0.05, 0) is 19.1 Å². The molecule has 2 rings (SSSR count). The van der Waals surface area contributed by atoms with Gasteiger partial charge in [0.1, 0.15) is 5.82 Å². The molecular weight excluding hydrogens is 242 g/mol. The van der Waals surface area contributed by atoms with E-state index >= 15 is 0 Å². The molecular formula is C14H19N3O2. The summed E-state index contributed by atoms with van der Waals surface area (Å²) in [6.07, 6.45) is 0.243. The van der Waals surface area contributed by atoms with Crippen molar-refractivity contribution in [3.05, 3.63) is 30.1 Å². The molecule has 5 nitrogen and oxygen atoms in total. The summed E-state index contributed by atoms with van der Waals surface area (Å²) < 4.78 is 6.95. The minimum Gasteiger partial charge on any atom is -0.383 e. The molecule has 0 fully saturated rings. The summed E-state index contributed by atoms with van der Waals surface area (Å²) in [4.78, 5) is 16.5. The number of Topliss-reactive ketones (excluding diaryl/α,β-unsaturated/α-hetero) is 1.